The number of carbonyl (C=O) groups is 1. The van der Waals surface area contributed by atoms with Crippen LogP contribution in [-0.2, 0) is 16.6 Å². The number of benzene rings is 3. The molecule has 0 saturated carbocycles. The Morgan fingerprint density at radius 1 is 0.970 bits per heavy atom. The minimum Gasteiger partial charge on any atom is -0.497 e. The van der Waals surface area contributed by atoms with Gasteiger partial charge in [0.05, 0.1) is 12.0 Å². The van der Waals surface area contributed by atoms with Gasteiger partial charge in [-0.2, -0.15) is 0 Å². The van der Waals surface area contributed by atoms with Gasteiger partial charge >= 0.3 is 0 Å². The molecule has 2 N–H and O–H groups in total. The molecule has 1 amide bonds. The molecule has 0 bridgehead atoms. The van der Waals surface area contributed by atoms with Gasteiger partial charge in [0.2, 0.25) is 0 Å². The molecule has 4 rings (SSSR count). The van der Waals surface area contributed by atoms with Gasteiger partial charge in [-0.3, -0.25) is 9.52 Å². The number of hydrogen-bond donors (Lipinski definition) is 2. The number of sulfonamides is 1. The van der Waals surface area contributed by atoms with E-state index in [9.17, 15) is 13.2 Å². The van der Waals surface area contributed by atoms with Crippen LogP contribution < -0.4 is 24.2 Å². The average molecular weight is 469 g/mol. The van der Waals surface area contributed by atoms with E-state index in [2.05, 4.69) is 10.0 Å². The number of methoxy groups -OCH3 is 1. The van der Waals surface area contributed by atoms with Crippen molar-refractivity contribution in [2.75, 3.05) is 25.0 Å². The lowest BCUT2D eigenvalue weighted by molar-refractivity contribution is 0.0950. The second kappa shape index (κ2) is 9.41. The lowest BCUT2D eigenvalue weighted by atomic mass is 10.1. The topological polar surface area (TPSA) is 103 Å². The van der Waals surface area contributed by atoms with Crippen LogP contribution in [0.3, 0.4) is 0 Å². The third kappa shape index (κ3) is 5.20. The Morgan fingerprint density at radius 2 is 1.70 bits per heavy atom. The molecule has 0 aliphatic carbocycles. The number of carbonyl (C=O) groups excluding carboxylic acids is 1. The SMILES string of the molecule is COc1ccc(NS(=O)(=O)c2ccc(C)c(C(=O)NCc3ccc4c(c3)OCCO4)c2)cc1. The Kier molecular flexibility index (Phi) is 6.41. The third-order valence-electron chi connectivity index (χ3n) is 5.17. The summed E-state index contributed by atoms with van der Waals surface area (Å²) in [6.07, 6.45) is 0. The molecule has 1 aliphatic heterocycles. The molecule has 33 heavy (non-hydrogen) atoms. The Balaban J connectivity index is 1.48. The largest absolute Gasteiger partial charge is 0.497 e. The van der Waals surface area contributed by atoms with Gasteiger partial charge in [-0.05, 0) is 66.6 Å². The van der Waals surface area contributed by atoms with Crippen LogP contribution in [0.25, 0.3) is 0 Å². The molecule has 9 heteroatoms. The Hall–Kier alpha value is -3.72. The first kappa shape index (κ1) is 22.5. The smallest absolute Gasteiger partial charge is 0.261 e. The van der Waals surface area contributed by atoms with E-state index in [1.165, 1.54) is 19.2 Å². The van der Waals surface area contributed by atoms with E-state index >= 15 is 0 Å². The highest BCUT2D eigenvalue weighted by Crippen LogP contribution is 2.30. The Labute approximate surface area is 192 Å². The molecule has 3 aromatic rings. The molecule has 3 aromatic carbocycles. The van der Waals surface area contributed by atoms with Crippen LogP contribution in [0, 0.1) is 6.92 Å². The highest BCUT2D eigenvalue weighted by molar-refractivity contribution is 7.92. The van der Waals surface area contributed by atoms with Crippen LogP contribution in [0.4, 0.5) is 5.69 Å². The van der Waals surface area contributed by atoms with Crippen LogP contribution >= 0.6 is 0 Å². The molecule has 0 spiro atoms. The van der Waals surface area contributed by atoms with E-state index in [1.807, 2.05) is 12.1 Å². The summed E-state index contributed by atoms with van der Waals surface area (Å²) in [5, 5.41) is 2.84. The molecule has 0 fully saturated rings. The van der Waals surface area contributed by atoms with Crippen molar-refractivity contribution in [3.05, 3.63) is 77.4 Å². The molecule has 1 heterocycles. The van der Waals surface area contributed by atoms with Gasteiger partial charge < -0.3 is 19.5 Å². The first-order valence-electron chi connectivity index (χ1n) is 10.3. The maximum atomic E-state index is 12.9. The van der Waals surface area contributed by atoms with Gasteiger partial charge in [0.1, 0.15) is 19.0 Å². The minimum atomic E-state index is -3.88. The number of ether oxygens (including phenoxy) is 3. The second-order valence-corrected chi connectivity index (χ2v) is 9.15. The molecule has 0 aromatic heterocycles. The van der Waals surface area contributed by atoms with Gasteiger partial charge in [-0.1, -0.05) is 12.1 Å². The van der Waals surface area contributed by atoms with Crippen LogP contribution in [0.15, 0.2) is 65.6 Å². The van der Waals surface area contributed by atoms with Gasteiger partial charge in [0.15, 0.2) is 11.5 Å². The van der Waals surface area contributed by atoms with Gasteiger partial charge in [-0.25, -0.2) is 8.42 Å². The lowest BCUT2D eigenvalue weighted by Gasteiger charge is -2.19. The van der Waals surface area contributed by atoms with Gasteiger partial charge in [0.25, 0.3) is 15.9 Å². The van der Waals surface area contributed by atoms with Gasteiger partial charge in [-0.15, -0.1) is 0 Å². The number of hydrogen-bond acceptors (Lipinski definition) is 6. The van der Waals surface area contributed by atoms with Crippen LogP contribution in [0.2, 0.25) is 0 Å². The molecule has 172 valence electrons. The summed E-state index contributed by atoms with van der Waals surface area (Å²) in [5.74, 6) is 1.56. The van der Waals surface area contributed by atoms with E-state index in [-0.39, 0.29) is 22.9 Å². The normalized spacial score (nSPS) is 12.7. The van der Waals surface area contributed by atoms with Crippen LogP contribution in [-0.4, -0.2) is 34.6 Å². The summed E-state index contributed by atoms with van der Waals surface area (Å²) in [4.78, 5) is 12.8. The fraction of sp³-hybridized carbons (Fsp3) is 0.208. The molecule has 1 aliphatic rings. The van der Waals surface area contributed by atoms with E-state index < -0.39 is 10.0 Å². The van der Waals surface area contributed by atoms with Gasteiger partial charge in [0, 0.05) is 17.8 Å². The van der Waals surface area contributed by atoms with Crippen molar-refractivity contribution >= 4 is 21.6 Å². The van der Waals surface area contributed by atoms with E-state index in [0.29, 0.717) is 41.7 Å². The van der Waals surface area contributed by atoms with Crippen LogP contribution in [0.5, 0.6) is 17.2 Å². The number of aryl methyl sites for hydroxylation is 1. The molecule has 0 unspecified atom stereocenters. The predicted octanol–water partition coefficient (Wildman–Crippen LogP) is 3.51. The van der Waals surface area contributed by atoms with Crippen LogP contribution in [0.1, 0.15) is 21.5 Å². The average Bonchev–Trinajstić information content (AvgIpc) is 2.82. The predicted molar refractivity (Wildman–Crippen MR) is 124 cm³/mol. The first-order chi connectivity index (χ1) is 15.9. The molecular weight excluding hydrogens is 444 g/mol. The van der Waals surface area contributed by atoms with Crippen molar-refractivity contribution in [3.63, 3.8) is 0 Å². The fourth-order valence-electron chi connectivity index (χ4n) is 3.36. The molecule has 8 nitrogen and oxygen atoms in total. The number of amides is 1. The van der Waals surface area contributed by atoms with Crippen molar-refractivity contribution in [2.24, 2.45) is 0 Å². The molecular formula is C24H24N2O6S. The van der Waals surface area contributed by atoms with Crippen molar-refractivity contribution in [3.8, 4) is 17.2 Å². The number of nitrogens with one attached hydrogen (secondary N) is 2. The monoisotopic (exact) mass is 468 g/mol. The minimum absolute atomic E-state index is 0.00611. The number of anilines is 1. The zero-order valence-corrected chi connectivity index (χ0v) is 19.1. The first-order valence-corrected chi connectivity index (χ1v) is 11.8. The fourth-order valence-corrected chi connectivity index (χ4v) is 4.45. The zero-order valence-electron chi connectivity index (χ0n) is 18.3. The van der Waals surface area contributed by atoms with Crippen molar-refractivity contribution < 1.29 is 27.4 Å². The molecule has 0 saturated heterocycles. The second-order valence-electron chi connectivity index (χ2n) is 7.47. The Bertz CT molecular complexity index is 1270. The third-order valence-corrected chi connectivity index (χ3v) is 6.54. The van der Waals surface area contributed by atoms with Crippen molar-refractivity contribution in [2.45, 2.75) is 18.4 Å². The highest BCUT2D eigenvalue weighted by atomic mass is 32.2. The number of rotatable bonds is 7. The highest BCUT2D eigenvalue weighted by Gasteiger charge is 2.19. The van der Waals surface area contributed by atoms with E-state index in [4.69, 9.17) is 14.2 Å². The standard InChI is InChI=1S/C24H24N2O6S/c1-16-3-9-20(33(28,29)26-18-5-7-19(30-2)8-6-18)14-21(16)24(27)25-15-17-4-10-22-23(13-17)32-12-11-31-22/h3-10,13-14,26H,11-12,15H2,1-2H3,(H,25,27). The summed E-state index contributed by atoms with van der Waals surface area (Å²) in [7, 11) is -2.35. The van der Waals surface area contributed by atoms with E-state index in [0.717, 1.165) is 5.56 Å². The number of fused-ring (bicyclic) bond motifs is 1. The van der Waals surface area contributed by atoms with Crippen molar-refractivity contribution in [1.82, 2.24) is 5.32 Å². The summed E-state index contributed by atoms with van der Waals surface area (Å²) in [6.45, 7) is 3.01. The maximum Gasteiger partial charge on any atom is 0.261 e. The molecule has 0 atom stereocenters. The quantitative estimate of drug-likeness (QED) is 0.550. The summed E-state index contributed by atoms with van der Waals surface area (Å²) in [5.41, 5.74) is 2.18. The zero-order chi connectivity index (χ0) is 23.4. The molecule has 0 radical (unpaired) electrons. The van der Waals surface area contributed by atoms with E-state index in [1.54, 1.807) is 43.3 Å². The lowest BCUT2D eigenvalue weighted by Crippen LogP contribution is -2.24. The summed E-state index contributed by atoms with van der Waals surface area (Å²) in [6, 6.07) is 16.5. The Morgan fingerprint density at radius 3 is 2.42 bits per heavy atom. The summed E-state index contributed by atoms with van der Waals surface area (Å²) >= 11 is 0. The van der Waals surface area contributed by atoms with Crippen molar-refractivity contribution in [1.29, 1.82) is 0 Å². The summed E-state index contributed by atoms with van der Waals surface area (Å²) < 4.78 is 44.4. The maximum absolute atomic E-state index is 12.9.